The fourth-order valence-electron chi connectivity index (χ4n) is 5.40. The number of Topliss-reactive ketones (excluding diaryl/α,β-unsaturated/α-hetero) is 1. The second kappa shape index (κ2) is 10.4. The predicted octanol–water partition coefficient (Wildman–Crippen LogP) is 3.70. The van der Waals surface area contributed by atoms with E-state index in [1.54, 1.807) is 48.9 Å². The van der Waals surface area contributed by atoms with Crippen LogP contribution in [0.15, 0.2) is 66.1 Å². The Balaban J connectivity index is 1.39. The largest absolute Gasteiger partial charge is 0.379 e. The summed E-state index contributed by atoms with van der Waals surface area (Å²) in [5, 5.41) is 5.35. The molecule has 1 saturated heterocycles. The number of hydrogen-bond acceptors (Lipinski definition) is 7. The molecule has 1 saturated carbocycles. The van der Waals surface area contributed by atoms with Crippen molar-refractivity contribution in [2.24, 2.45) is 0 Å². The highest BCUT2D eigenvalue weighted by molar-refractivity contribution is 7.90. The van der Waals surface area contributed by atoms with Crippen LogP contribution in [-0.2, 0) is 26.1 Å². The first kappa shape index (κ1) is 25.0. The van der Waals surface area contributed by atoms with E-state index in [2.05, 4.69) is 21.0 Å². The molecule has 1 aliphatic carbocycles. The van der Waals surface area contributed by atoms with E-state index in [9.17, 15) is 13.2 Å². The van der Waals surface area contributed by atoms with Gasteiger partial charge in [-0.2, -0.15) is 5.10 Å². The Morgan fingerprint density at radius 3 is 2.50 bits per heavy atom. The zero-order chi connectivity index (χ0) is 26.1. The molecule has 0 amide bonds. The second-order valence-electron chi connectivity index (χ2n) is 10.1. The maximum atomic E-state index is 13.6. The van der Waals surface area contributed by atoms with Crippen LogP contribution in [0.3, 0.4) is 0 Å². The lowest BCUT2D eigenvalue weighted by atomic mass is 9.84. The van der Waals surface area contributed by atoms with Crippen LogP contribution in [0.4, 0.5) is 0 Å². The molecule has 198 valence electrons. The first-order chi connectivity index (χ1) is 18.5. The number of carbonyl (C=O) groups is 1. The van der Waals surface area contributed by atoms with E-state index in [4.69, 9.17) is 4.74 Å². The summed E-state index contributed by atoms with van der Waals surface area (Å²) in [4.78, 5) is 19.0. The van der Waals surface area contributed by atoms with Crippen LogP contribution >= 0.6 is 0 Å². The second-order valence-corrected chi connectivity index (χ2v) is 11.9. The van der Waals surface area contributed by atoms with Crippen LogP contribution in [-0.4, -0.2) is 70.7 Å². The first-order valence-electron chi connectivity index (χ1n) is 13.2. The molecular formula is C28H31N5O4S. The minimum Gasteiger partial charge on any atom is -0.379 e. The smallest absolute Gasteiger partial charge is 0.269 e. The van der Waals surface area contributed by atoms with Crippen molar-refractivity contribution in [3.63, 3.8) is 0 Å². The average molecular weight is 534 g/mol. The van der Waals surface area contributed by atoms with Gasteiger partial charge in [0.25, 0.3) is 10.0 Å². The quantitative estimate of drug-likeness (QED) is 0.357. The third-order valence-corrected chi connectivity index (χ3v) is 9.31. The summed E-state index contributed by atoms with van der Waals surface area (Å²) in [5.41, 5.74) is 3.05. The van der Waals surface area contributed by atoms with Gasteiger partial charge in [0.2, 0.25) is 0 Å². The van der Waals surface area contributed by atoms with E-state index in [1.165, 1.54) is 3.97 Å². The number of ketones is 1. The van der Waals surface area contributed by atoms with E-state index < -0.39 is 10.0 Å². The molecule has 0 radical (unpaired) electrons. The maximum Gasteiger partial charge on any atom is 0.269 e. The molecule has 9 nitrogen and oxygen atoms in total. The lowest BCUT2D eigenvalue weighted by Crippen LogP contribution is -2.38. The zero-order valence-electron chi connectivity index (χ0n) is 21.2. The van der Waals surface area contributed by atoms with E-state index in [0.717, 1.165) is 74.3 Å². The molecule has 0 unspecified atom stereocenters. The molecule has 0 atom stereocenters. The van der Waals surface area contributed by atoms with Crippen molar-refractivity contribution in [1.82, 2.24) is 23.6 Å². The van der Waals surface area contributed by atoms with Crippen LogP contribution in [0.1, 0.15) is 37.2 Å². The Morgan fingerprint density at radius 1 is 0.974 bits per heavy atom. The van der Waals surface area contributed by atoms with Crippen LogP contribution in [0.5, 0.6) is 0 Å². The van der Waals surface area contributed by atoms with Crippen molar-refractivity contribution >= 4 is 26.8 Å². The molecule has 1 aromatic carbocycles. The van der Waals surface area contributed by atoms with Crippen molar-refractivity contribution in [2.75, 3.05) is 32.8 Å². The predicted molar refractivity (Wildman–Crippen MR) is 143 cm³/mol. The number of pyridine rings is 1. The van der Waals surface area contributed by atoms with Crippen LogP contribution in [0, 0.1) is 0 Å². The monoisotopic (exact) mass is 533 g/mol. The first-order valence-corrected chi connectivity index (χ1v) is 14.6. The lowest BCUT2D eigenvalue weighted by molar-refractivity contribution is -0.120. The molecule has 6 rings (SSSR count). The van der Waals surface area contributed by atoms with Crippen LogP contribution < -0.4 is 0 Å². The fourth-order valence-corrected chi connectivity index (χ4v) is 6.75. The number of rotatable bonds is 7. The minimum atomic E-state index is -3.85. The molecule has 4 heterocycles. The van der Waals surface area contributed by atoms with Crippen molar-refractivity contribution in [2.45, 2.75) is 43.0 Å². The molecule has 38 heavy (non-hydrogen) atoms. The molecule has 1 aliphatic heterocycles. The summed E-state index contributed by atoms with van der Waals surface area (Å²) in [5.74, 6) is 0.545. The number of hydrogen-bond donors (Lipinski definition) is 0. The van der Waals surface area contributed by atoms with Gasteiger partial charge in [-0.05, 0) is 42.5 Å². The summed E-state index contributed by atoms with van der Waals surface area (Å²) in [7, 11) is -3.85. The number of morpholine rings is 1. The van der Waals surface area contributed by atoms with Crippen molar-refractivity contribution in [1.29, 1.82) is 0 Å². The average Bonchev–Trinajstić information content (AvgIpc) is 3.58. The van der Waals surface area contributed by atoms with Gasteiger partial charge < -0.3 is 4.74 Å². The Hall–Kier alpha value is -3.34. The standard InChI is InChI=1S/C28H31N5O4S/c34-24-8-6-21(7-9-24)22-16-26-27(23-18-30-32(19-23)11-10-31-12-14-37-15-13-31)20-33(28(26)29-17-22)38(35,36)25-4-2-1-3-5-25/h1-5,16-21H,6-15H2. The molecule has 2 fully saturated rings. The van der Waals surface area contributed by atoms with Gasteiger partial charge in [0.15, 0.2) is 5.65 Å². The third-order valence-electron chi connectivity index (χ3n) is 7.64. The Kier molecular flexibility index (Phi) is 6.86. The van der Waals surface area contributed by atoms with E-state index in [0.29, 0.717) is 24.3 Å². The van der Waals surface area contributed by atoms with Gasteiger partial charge in [0.05, 0.1) is 30.9 Å². The molecule has 0 N–H and O–H groups in total. The number of ether oxygens (including phenoxy) is 1. The molecular weight excluding hydrogens is 502 g/mol. The van der Waals surface area contributed by atoms with Gasteiger partial charge in [-0.3, -0.25) is 14.4 Å². The molecule has 4 aromatic rings. The van der Waals surface area contributed by atoms with Crippen LogP contribution in [0.2, 0.25) is 0 Å². The summed E-state index contributed by atoms with van der Waals surface area (Å²) in [6.07, 6.45) is 9.95. The van der Waals surface area contributed by atoms with Gasteiger partial charge in [-0.1, -0.05) is 18.2 Å². The van der Waals surface area contributed by atoms with Crippen LogP contribution in [0.25, 0.3) is 22.2 Å². The van der Waals surface area contributed by atoms with E-state index in [1.807, 2.05) is 10.9 Å². The number of aromatic nitrogens is 4. The molecule has 10 heteroatoms. The number of fused-ring (bicyclic) bond motifs is 1. The van der Waals surface area contributed by atoms with Gasteiger partial charge in [0, 0.05) is 67.6 Å². The fraction of sp³-hybridized carbons (Fsp3) is 0.393. The van der Waals surface area contributed by atoms with Gasteiger partial charge in [-0.15, -0.1) is 0 Å². The molecule has 3 aromatic heterocycles. The summed E-state index contributed by atoms with van der Waals surface area (Å²) in [6.45, 7) is 4.95. The minimum absolute atomic E-state index is 0.210. The number of carbonyl (C=O) groups excluding carboxylic acids is 1. The Labute approximate surface area is 222 Å². The maximum absolute atomic E-state index is 13.6. The zero-order valence-corrected chi connectivity index (χ0v) is 22.0. The third kappa shape index (κ3) is 4.91. The van der Waals surface area contributed by atoms with Crippen molar-refractivity contribution in [3.8, 4) is 11.1 Å². The highest BCUT2D eigenvalue weighted by atomic mass is 32.2. The normalized spacial score (nSPS) is 17.8. The highest BCUT2D eigenvalue weighted by Gasteiger charge is 2.26. The van der Waals surface area contributed by atoms with Gasteiger partial charge in [-0.25, -0.2) is 17.4 Å². The summed E-state index contributed by atoms with van der Waals surface area (Å²) >= 11 is 0. The number of benzene rings is 1. The van der Waals surface area contributed by atoms with Crippen molar-refractivity contribution in [3.05, 3.63) is 66.7 Å². The Bertz CT molecular complexity index is 1540. The topological polar surface area (TPSA) is 99.3 Å². The highest BCUT2D eigenvalue weighted by Crippen LogP contribution is 2.37. The van der Waals surface area contributed by atoms with Gasteiger partial charge in [0.1, 0.15) is 5.78 Å². The molecule has 0 bridgehead atoms. The van der Waals surface area contributed by atoms with Crippen molar-refractivity contribution < 1.29 is 17.9 Å². The number of nitrogens with zero attached hydrogens (tertiary/aromatic N) is 5. The molecule has 2 aliphatic rings. The van der Waals surface area contributed by atoms with E-state index >= 15 is 0 Å². The van der Waals surface area contributed by atoms with E-state index in [-0.39, 0.29) is 10.8 Å². The molecule has 0 spiro atoms. The SMILES string of the molecule is O=C1CCC(c2cnc3c(c2)c(-c2cnn(CCN4CCOCC4)c2)cn3S(=O)(=O)c2ccccc2)CC1. The lowest BCUT2D eigenvalue weighted by Gasteiger charge is -2.26. The summed E-state index contributed by atoms with van der Waals surface area (Å²) < 4.78 is 35.9. The Morgan fingerprint density at radius 2 is 1.74 bits per heavy atom. The summed E-state index contributed by atoms with van der Waals surface area (Å²) in [6, 6.07) is 10.5. The van der Waals surface area contributed by atoms with Gasteiger partial charge >= 0.3 is 0 Å².